The van der Waals surface area contributed by atoms with Crippen molar-refractivity contribution in [2.24, 2.45) is 0 Å². The van der Waals surface area contributed by atoms with Crippen molar-refractivity contribution in [3.63, 3.8) is 0 Å². The molecule has 0 spiro atoms. The van der Waals surface area contributed by atoms with Crippen LogP contribution in [0.25, 0.3) is 0 Å². The maximum Gasteiger partial charge on any atom is 0.373 e. The van der Waals surface area contributed by atoms with Crippen molar-refractivity contribution in [2.45, 2.75) is 39.4 Å². The van der Waals surface area contributed by atoms with Crippen LogP contribution in [0.2, 0.25) is 0 Å². The van der Waals surface area contributed by atoms with Crippen LogP contribution in [-0.2, 0) is 4.74 Å². The fourth-order valence-corrected chi connectivity index (χ4v) is 3.29. The fourth-order valence-electron chi connectivity index (χ4n) is 3.29. The average Bonchev–Trinajstić information content (AvgIpc) is 2.68. The van der Waals surface area contributed by atoms with E-state index in [9.17, 15) is 23.7 Å². The normalized spacial score (nSPS) is 18.9. The van der Waals surface area contributed by atoms with Crippen LogP contribution < -0.4 is 9.64 Å². The van der Waals surface area contributed by atoms with Crippen molar-refractivity contribution in [1.82, 2.24) is 9.97 Å². The van der Waals surface area contributed by atoms with Crippen LogP contribution >= 0.6 is 0 Å². The lowest BCUT2D eigenvalue weighted by Gasteiger charge is -2.35. The van der Waals surface area contributed by atoms with Crippen molar-refractivity contribution in [2.75, 3.05) is 18.0 Å². The zero-order valence-electron chi connectivity index (χ0n) is 16.6. The molecule has 0 saturated carbocycles. The molecule has 0 amide bonds. The van der Waals surface area contributed by atoms with Gasteiger partial charge < -0.3 is 14.4 Å². The Kier molecular flexibility index (Phi) is 6.20. The van der Waals surface area contributed by atoms with Gasteiger partial charge in [-0.1, -0.05) is 6.92 Å². The molecule has 0 bridgehead atoms. The van der Waals surface area contributed by atoms with Gasteiger partial charge in [0.15, 0.2) is 17.4 Å². The van der Waals surface area contributed by atoms with Crippen molar-refractivity contribution in [3.05, 3.63) is 45.8 Å². The first-order valence-corrected chi connectivity index (χ1v) is 9.31. The van der Waals surface area contributed by atoms with E-state index in [1.165, 1.54) is 0 Å². The number of carbonyl (C=O) groups excluding carboxylic acids is 1. The number of benzene rings is 1. The van der Waals surface area contributed by atoms with Gasteiger partial charge in [0.2, 0.25) is 11.6 Å². The van der Waals surface area contributed by atoms with Gasteiger partial charge in [0.05, 0.1) is 17.1 Å². The van der Waals surface area contributed by atoms with E-state index in [4.69, 9.17) is 9.47 Å². The number of Topliss-reactive ketones (excluding diaryl/α,β-unsaturated/α-hetero) is 1. The first kappa shape index (κ1) is 21.5. The van der Waals surface area contributed by atoms with Gasteiger partial charge in [0.25, 0.3) is 0 Å². The Morgan fingerprint density at radius 1 is 1.27 bits per heavy atom. The number of nitrogens with zero attached hydrogens (tertiary/aromatic N) is 4. The maximum absolute atomic E-state index is 14.4. The molecule has 2 atom stereocenters. The summed E-state index contributed by atoms with van der Waals surface area (Å²) in [4.78, 5) is 32.0. The highest BCUT2D eigenvalue weighted by Gasteiger charge is 2.33. The van der Waals surface area contributed by atoms with Gasteiger partial charge in [-0.2, -0.15) is 4.98 Å². The van der Waals surface area contributed by atoms with E-state index in [2.05, 4.69) is 9.97 Å². The molecule has 1 aliphatic rings. The minimum atomic E-state index is -1.17. The summed E-state index contributed by atoms with van der Waals surface area (Å²) >= 11 is 0. The largest absolute Gasteiger partial charge is 0.427 e. The molecular formula is C19H20F2N4O5. The fraction of sp³-hybridized carbons (Fsp3) is 0.421. The number of halogens is 2. The second-order valence-corrected chi connectivity index (χ2v) is 6.92. The molecule has 11 heteroatoms. The lowest BCUT2D eigenvalue weighted by Crippen LogP contribution is -2.46. The zero-order valence-corrected chi connectivity index (χ0v) is 16.6. The van der Waals surface area contributed by atoms with Gasteiger partial charge in [-0.25, -0.2) is 13.8 Å². The monoisotopic (exact) mass is 422 g/mol. The molecule has 2 heterocycles. The number of hydrogen-bond donors (Lipinski definition) is 0. The summed E-state index contributed by atoms with van der Waals surface area (Å²) in [6, 6.07) is 1.65. The summed E-state index contributed by atoms with van der Waals surface area (Å²) in [5.74, 6) is -4.33. The summed E-state index contributed by atoms with van der Waals surface area (Å²) in [7, 11) is 0. The van der Waals surface area contributed by atoms with Gasteiger partial charge in [-0.05, 0) is 26.0 Å². The molecule has 0 N–H and O–H groups in total. The van der Waals surface area contributed by atoms with E-state index in [1.807, 2.05) is 13.8 Å². The van der Waals surface area contributed by atoms with Crippen molar-refractivity contribution >= 4 is 17.3 Å². The second-order valence-electron chi connectivity index (χ2n) is 6.92. The maximum atomic E-state index is 14.4. The summed E-state index contributed by atoms with van der Waals surface area (Å²) in [6.07, 6.45) is 0.682. The van der Waals surface area contributed by atoms with Gasteiger partial charge in [0, 0.05) is 25.1 Å². The third-order valence-corrected chi connectivity index (χ3v) is 4.51. The van der Waals surface area contributed by atoms with E-state index < -0.39 is 39.7 Å². The predicted molar refractivity (Wildman–Crippen MR) is 102 cm³/mol. The zero-order chi connectivity index (χ0) is 22.0. The Labute approximate surface area is 170 Å². The number of hydrogen-bond acceptors (Lipinski definition) is 8. The minimum Gasteiger partial charge on any atom is -0.427 e. The van der Waals surface area contributed by atoms with Crippen molar-refractivity contribution < 1.29 is 28.0 Å². The topological polar surface area (TPSA) is 108 Å². The Morgan fingerprint density at radius 3 is 2.40 bits per heavy atom. The van der Waals surface area contributed by atoms with E-state index in [0.717, 1.165) is 18.5 Å². The Hall–Kier alpha value is -3.21. The van der Waals surface area contributed by atoms with Crippen LogP contribution in [-0.4, -0.2) is 46.0 Å². The quantitative estimate of drug-likeness (QED) is 0.394. The number of carbonyl (C=O) groups is 1. The second kappa shape index (κ2) is 8.66. The molecule has 9 nitrogen and oxygen atoms in total. The average molecular weight is 422 g/mol. The highest BCUT2D eigenvalue weighted by atomic mass is 19.1. The molecule has 1 fully saturated rings. The van der Waals surface area contributed by atoms with Gasteiger partial charge >= 0.3 is 11.6 Å². The number of nitro groups is 1. The summed E-state index contributed by atoms with van der Waals surface area (Å²) in [6.45, 7) is 5.85. The van der Waals surface area contributed by atoms with Crippen molar-refractivity contribution in [3.8, 4) is 11.6 Å². The third kappa shape index (κ3) is 4.35. The molecule has 0 radical (unpaired) electrons. The molecule has 0 aliphatic carbocycles. The standard InChI is InChI=1S/C19H20F2N4O5/c1-4-15(26)12-5-13(20)17(14(21)6-12)30-19-16(25(27)28)18(22-9-23-19)24-7-10(2)29-11(3)8-24/h5-6,9-11H,4,7-8H2,1-3H3. The Balaban J connectivity index is 2.01. The van der Waals surface area contributed by atoms with E-state index >= 15 is 0 Å². The number of anilines is 1. The predicted octanol–water partition coefficient (Wildman–Crippen LogP) is 3.66. The van der Waals surface area contributed by atoms with Gasteiger partial charge in [-0.15, -0.1) is 0 Å². The highest BCUT2D eigenvalue weighted by molar-refractivity contribution is 5.96. The first-order valence-electron chi connectivity index (χ1n) is 9.31. The molecule has 1 aliphatic heterocycles. The Bertz CT molecular complexity index is 954. The Morgan fingerprint density at radius 2 is 1.87 bits per heavy atom. The lowest BCUT2D eigenvalue weighted by atomic mass is 10.1. The highest BCUT2D eigenvalue weighted by Crippen LogP contribution is 2.38. The van der Waals surface area contributed by atoms with Crippen LogP contribution in [0.15, 0.2) is 18.5 Å². The summed E-state index contributed by atoms with van der Waals surface area (Å²) < 4.78 is 39.6. The molecule has 30 heavy (non-hydrogen) atoms. The van der Waals surface area contributed by atoms with Crippen LogP contribution in [0.5, 0.6) is 11.6 Å². The van der Waals surface area contributed by atoms with Crippen LogP contribution in [0.3, 0.4) is 0 Å². The van der Waals surface area contributed by atoms with E-state index in [0.29, 0.717) is 13.1 Å². The van der Waals surface area contributed by atoms with Crippen LogP contribution in [0.1, 0.15) is 37.6 Å². The van der Waals surface area contributed by atoms with Crippen LogP contribution in [0, 0.1) is 21.7 Å². The number of aromatic nitrogens is 2. The lowest BCUT2D eigenvalue weighted by molar-refractivity contribution is -0.385. The number of ether oxygens (including phenoxy) is 2. The molecule has 1 saturated heterocycles. The molecule has 1 aromatic heterocycles. The van der Waals surface area contributed by atoms with E-state index in [1.54, 1.807) is 11.8 Å². The van der Waals surface area contributed by atoms with Crippen molar-refractivity contribution in [1.29, 1.82) is 0 Å². The van der Waals surface area contributed by atoms with Gasteiger partial charge in [0.1, 0.15) is 6.33 Å². The third-order valence-electron chi connectivity index (χ3n) is 4.51. The molecule has 1 aromatic carbocycles. The SMILES string of the molecule is CCC(=O)c1cc(F)c(Oc2ncnc(N3CC(C)OC(C)C3)c2[N+](=O)[O-])c(F)c1. The number of morpholine rings is 1. The van der Waals surface area contributed by atoms with Crippen LogP contribution in [0.4, 0.5) is 20.3 Å². The molecule has 2 aromatic rings. The molecule has 2 unspecified atom stereocenters. The summed E-state index contributed by atoms with van der Waals surface area (Å²) in [5.41, 5.74) is -0.777. The summed E-state index contributed by atoms with van der Waals surface area (Å²) in [5, 5.41) is 11.7. The minimum absolute atomic E-state index is 0.0365. The van der Waals surface area contributed by atoms with Gasteiger partial charge in [-0.3, -0.25) is 14.9 Å². The smallest absolute Gasteiger partial charge is 0.373 e. The molecular weight excluding hydrogens is 402 g/mol. The molecule has 160 valence electrons. The number of ketones is 1. The molecule has 3 rings (SSSR count). The number of rotatable bonds is 6. The first-order chi connectivity index (χ1) is 14.2. The van der Waals surface area contributed by atoms with E-state index in [-0.39, 0.29) is 30.0 Å².